The number of nitrogen functional groups attached to an aromatic ring is 1. The van der Waals surface area contributed by atoms with E-state index in [4.69, 9.17) is 5.73 Å². The predicted octanol–water partition coefficient (Wildman–Crippen LogP) is 2.39. The van der Waals surface area contributed by atoms with Gasteiger partial charge < -0.3 is 5.73 Å². The van der Waals surface area contributed by atoms with E-state index in [0.29, 0.717) is 22.7 Å². The molecule has 0 heterocycles. The zero-order valence-corrected chi connectivity index (χ0v) is 12.3. The van der Waals surface area contributed by atoms with E-state index >= 15 is 0 Å². The molecule has 0 aliphatic rings. The van der Waals surface area contributed by atoms with Crippen LogP contribution in [0.2, 0.25) is 0 Å². The summed E-state index contributed by atoms with van der Waals surface area (Å²) in [5.41, 5.74) is 6.93. The third-order valence-corrected chi connectivity index (χ3v) is 5.43. The van der Waals surface area contributed by atoms with Gasteiger partial charge in [0.25, 0.3) is 0 Å². The lowest BCUT2D eigenvalue weighted by molar-refractivity contribution is 0.342. The van der Waals surface area contributed by atoms with E-state index < -0.39 is 10.0 Å². The smallest absolute Gasteiger partial charge is 0.243 e. The van der Waals surface area contributed by atoms with E-state index in [0.717, 1.165) is 6.42 Å². The van der Waals surface area contributed by atoms with Crippen molar-refractivity contribution in [1.29, 1.82) is 0 Å². The molecule has 1 atom stereocenters. The normalized spacial score (nSPS) is 13.8. The molecule has 5 heteroatoms. The van der Waals surface area contributed by atoms with Crippen LogP contribution in [-0.4, -0.2) is 25.3 Å². The van der Waals surface area contributed by atoms with E-state index in [-0.39, 0.29) is 6.04 Å². The van der Waals surface area contributed by atoms with Gasteiger partial charge in [-0.2, -0.15) is 4.31 Å². The van der Waals surface area contributed by atoms with Crippen molar-refractivity contribution in [2.24, 2.45) is 0 Å². The number of hydrogen-bond acceptors (Lipinski definition) is 3. The van der Waals surface area contributed by atoms with E-state index in [9.17, 15) is 8.42 Å². The van der Waals surface area contributed by atoms with E-state index in [2.05, 4.69) is 0 Å². The van der Waals surface area contributed by atoms with E-state index in [1.807, 2.05) is 20.8 Å². The monoisotopic (exact) mass is 270 g/mol. The Labute approximate surface area is 110 Å². The molecule has 0 spiro atoms. The van der Waals surface area contributed by atoms with Gasteiger partial charge in [-0.05, 0) is 44.0 Å². The van der Waals surface area contributed by atoms with Crippen molar-refractivity contribution in [1.82, 2.24) is 4.31 Å². The van der Waals surface area contributed by atoms with Crippen LogP contribution in [0.3, 0.4) is 0 Å². The minimum Gasteiger partial charge on any atom is -0.399 e. The van der Waals surface area contributed by atoms with Gasteiger partial charge in [0.15, 0.2) is 0 Å². The van der Waals surface area contributed by atoms with Gasteiger partial charge in [-0.15, -0.1) is 0 Å². The highest BCUT2D eigenvalue weighted by atomic mass is 32.2. The van der Waals surface area contributed by atoms with Gasteiger partial charge in [0, 0.05) is 18.3 Å². The summed E-state index contributed by atoms with van der Waals surface area (Å²) in [6.45, 7) is 8.01. The molecule has 0 aliphatic heterocycles. The van der Waals surface area contributed by atoms with Gasteiger partial charge in [0.1, 0.15) is 0 Å². The Morgan fingerprint density at radius 2 is 1.94 bits per heavy atom. The van der Waals surface area contributed by atoms with Gasteiger partial charge in [0.2, 0.25) is 10.0 Å². The molecular formula is C13H22N2O2S. The number of nitrogens with zero attached hydrogens (tertiary/aromatic N) is 1. The molecule has 0 radical (unpaired) electrons. The molecule has 0 saturated heterocycles. The van der Waals surface area contributed by atoms with Crippen molar-refractivity contribution in [2.75, 3.05) is 12.3 Å². The summed E-state index contributed by atoms with van der Waals surface area (Å²) in [5, 5.41) is 0. The van der Waals surface area contributed by atoms with Gasteiger partial charge in [0.05, 0.1) is 4.90 Å². The first-order valence-electron chi connectivity index (χ1n) is 6.22. The van der Waals surface area contributed by atoms with Crippen LogP contribution < -0.4 is 5.73 Å². The standard InChI is InChI=1S/C13H22N2O2S/c1-5-11(4)15(6-2)18(16,17)13-8-7-12(14)9-10(13)3/h7-9,11H,5-6,14H2,1-4H3. The van der Waals surface area contributed by atoms with Crippen molar-refractivity contribution in [3.05, 3.63) is 23.8 Å². The topological polar surface area (TPSA) is 63.4 Å². The van der Waals surface area contributed by atoms with E-state index in [1.54, 1.807) is 25.1 Å². The second-order valence-electron chi connectivity index (χ2n) is 4.49. The molecule has 1 aromatic rings. The molecule has 1 unspecified atom stereocenters. The summed E-state index contributed by atoms with van der Waals surface area (Å²) in [6.07, 6.45) is 0.793. The third-order valence-electron chi connectivity index (χ3n) is 3.18. The van der Waals surface area contributed by atoms with Crippen LogP contribution in [0.4, 0.5) is 5.69 Å². The molecule has 0 aliphatic carbocycles. The van der Waals surface area contributed by atoms with Gasteiger partial charge in [-0.1, -0.05) is 13.8 Å². The van der Waals surface area contributed by atoms with Crippen molar-refractivity contribution in [2.45, 2.75) is 45.1 Å². The number of aryl methyl sites for hydroxylation is 1. The molecule has 1 aromatic carbocycles. The fourth-order valence-electron chi connectivity index (χ4n) is 2.01. The molecule has 102 valence electrons. The first kappa shape index (κ1) is 15.0. The van der Waals surface area contributed by atoms with E-state index in [1.165, 1.54) is 4.31 Å². The Morgan fingerprint density at radius 3 is 2.39 bits per heavy atom. The molecule has 1 rings (SSSR count). The molecule has 0 aromatic heterocycles. The molecule has 0 saturated carbocycles. The fraction of sp³-hybridized carbons (Fsp3) is 0.538. The van der Waals surface area contributed by atoms with Crippen LogP contribution in [0.25, 0.3) is 0 Å². The Hall–Kier alpha value is -1.07. The van der Waals surface area contributed by atoms with Crippen LogP contribution in [0, 0.1) is 6.92 Å². The molecule has 0 amide bonds. The van der Waals surface area contributed by atoms with Gasteiger partial charge >= 0.3 is 0 Å². The maximum atomic E-state index is 12.6. The molecule has 0 fully saturated rings. The van der Waals surface area contributed by atoms with Crippen LogP contribution in [-0.2, 0) is 10.0 Å². The highest BCUT2D eigenvalue weighted by molar-refractivity contribution is 7.89. The summed E-state index contributed by atoms with van der Waals surface area (Å²) < 4.78 is 26.7. The number of benzene rings is 1. The van der Waals surface area contributed by atoms with Crippen LogP contribution in [0.1, 0.15) is 32.8 Å². The Bertz CT molecular complexity index is 512. The summed E-state index contributed by atoms with van der Waals surface area (Å²) in [7, 11) is -3.43. The fourth-order valence-corrected chi connectivity index (χ4v) is 3.93. The Morgan fingerprint density at radius 1 is 1.33 bits per heavy atom. The second-order valence-corrected chi connectivity index (χ2v) is 6.35. The number of rotatable bonds is 5. The number of nitrogens with two attached hydrogens (primary N) is 1. The highest BCUT2D eigenvalue weighted by Crippen LogP contribution is 2.23. The summed E-state index contributed by atoms with van der Waals surface area (Å²) >= 11 is 0. The number of sulfonamides is 1. The molecule has 4 nitrogen and oxygen atoms in total. The first-order valence-corrected chi connectivity index (χ1v) is 7.66. The average molecular weight is 270 g/mol. The zero-order valence-electron chi connectivity index (χ0n) is 11.5. The summed E-state index contributed by atoms with van der Waals surface area (Å²) in [5.74, 6) is 0. The first-order chi connectivity index (χ1) is 8.34. The molecule has 0 bridgehead atoms. The molecule has 18 heavy (non-hydrogen) atoms. The Balaban J connectivity index is 3.27. The summed E-state index contributed by atoms with van der Waals surface area (Å²) in [6, 6.07) is 4.91. The maximum Gasteiger partial charge on any atom is 0.243 e. The van der Waals surface area contributed by atoms with Crippen molar-refractivity contribution < 1.29 is 8.42 Å². The Kier molecular flexibility index (Phi) is 4.76. The van der Waals surface area contributed by atoms with Crippen molar-refractivity contribution >= 4 is 15.7 Å². The van der Waals surface area contributed by atoms with Gasteiger partial charge in [-0.3, -0.25) is 0 Å². The van der Waals surface area contributed by atoms with Crippen LogP contribution >= 0.6 is 0 Å². The molecular weight excluding hydrogens is 248 g/mol. The summed E-state index contributed by atoms with van der Waals surface area (Å²) in [4.78, 5) is 0.346. The van der Waals surface area contributed by atoms with Gasteiger partial charge in [-0.25, -0.2) is 8.42 Å². The lowest BCUT2D eigenvalue weighted by atomic mass is 10.2. The lowest BCUT2D eigenvalue weighted by Crippen LogP contribution is -2.38. The highest BCUT2D eigenvalue weighted by Gasteiger charge is 2.27. The van der Waals surface area contributed by atoms with Crippen LogP contribution in [0.15, 0.2) is 23.1 Å². The minimum absolute atomic E-state index is 0.00282. The third kappa shape index (κ3) is 2.84. The van der Waals surface area contributed by atoms with Crippen molar-refractivity contribution in [3.8, 4) is 0 Å². The lowest BCUT2D eigenvalue weighted by Gasteiger charge is -2.27. The van der Waals surface area contributed by atoms with Crippen molar-refractivity contribution in [3.63, 3.8) is 0 Å². The average Bonchev–Trinajstić information content (AvgIpc) is 2.28. The minimum atomic E-state index is -3.43. The SMILES string of the molecule is CCC(C)N(CC)S(=O)(=O)c1ccc(N)cc1C. The maximum absolute atomic E-state index is 12.6. The second kappa shape index (κ2) is 5.71. The van der Waals surface area contributed by atoms with Crippen LogP contribution in [0.5, 0.6) is 0 Å². The quantitative estimate of drug-likeness (QED) is 0.836. The number of hydrogen-bond donors (Lipinski definition) is 1. The molecule has 2 N–H and O–H groups in total. The number of anilines is 1. The zero-order chi connectivity index (χ0) is 13.9. The predicted molar refractivity (Wildman–Crippen MR) is 74.9 cm³/mol. The largest absolute Gasteiger partial charge is 0.399 e.